The first kappa shape index (κ1) is 16.2. The van der Waals surface area contributed by atoms with E-state index < -0.39 is 5.91 Å². The van der Waals surface area contributed by atoms with E-state index in [0.29, 0.717) is 17.8 Å². The van der Waals surface area contributed by atoms with Crippen molar-refractivity contribution in [1.29, 1.82) is 0 Å². The molecule has 1 amide bonds. The van der Waals surface area contributed by atoms with Gasteiger partial charge in [-0.3, -0.25) is 9.78 Å². The van der Waals surface area contributed by atoms with Gasteiger partial charge in [0.25, 0.3) is 5.91 Å². The van der Waals surface area contributed by atoms with Crippen LogP contribution in [0.15, 0.2) is 36.8 Å². The SMILES string of the molecule is CC1CN(c2ccc(CNc3ccncc3C(N)=O)cn2)CCO1. The van der Waals surface area contributed by atoms with Crippen molar-refractivity contribution in [2.45, 2.75) is 19.6 Å². The third-order valence-electron chi connectivity index (χ3n) is 3.94. The summed E-state index contributed by atoms with van der Waals surface area (Å²) in [6.45, 7) is 5.05. The summed E-state index contributed by atoms with van der Waals surface area (Å²) in [6, 6.07) is 5.77. The Kier molecular flexibility index (Phi) is 4.90. The van der Waals surface area contributed by atoms with Crippen molar-refractivity contribution in [3.8, 4) is 0 Å². The highest BCUT2D eigenvalue weighted by atomic mass is 16.5. The van der Waals surface area contributed by atoms with E-state index in [2.05, 4.69) is 27.1 Å². The summed E-state index contributed by atoms with van der Waals surface area (Å²) >= 11 is 0. The number of morpholine rings is 1. The lowest BCUT2D eigenvalue weighted by Gasteiger charge is -2.32. The summed E-state index contributed by atoms with van der Waals surface area (Å²) in [7, 11) is 0. The van der Waals surface area contributed by atoms with Crippen molar-refractivity contribution in [2.24, 2.45) is 5.73 Å². The predicted octanol–water partition coefficient (Wildman–Crippen LogP) is 1.41. The van der Waals surface area contributed by atoms with Crippen LogP contribution >= 0.6 is 0 Å². The monoisotopic (exact) mass is 327 g/mol. The summed E-state index contributed by atoms with van der Waals surface area (Å²) in [4.78, 5) is 22.1. The molecular formula is C17H21N5O2. The van der Waals surface area contributed by atoms with Gasteiger partial charge in [-0.15, -0.1) is 0 Å². The van der Waals surface area contributed by atoms with Crippen LogP contribution < -0.4 is 16.0 Å². The lowest BCUT2D eigenvalue weighted by molar-refractivity contribution is 0.0529. The summed E-state index contributed by atoms with van der Waals surface area (Å²) in [5.41, 5.74) is 7.42. The Bertz CT molecular complexity index is 704. The summed E-state index contributed by atoms with van der Waals surface area (Å²) in [6.07, 6.45) is 5.15. The van der Waals surface area contributed by atoms with Crippen LogP contribution in [0.4, 0.5) is 11.5 Å². The zero-order valence-corrected chi connectivity index (χ0v) is 13.6. The number of pyridine rings is 2. The van der Waals surface area contributed by atoms with Gasteiger partial charge in [0.1, 0.15) is 5.82 Å². The van der Waals surface area contributed by atoms with Gasteiger partial charge in [-0.2, -0.15) is 0 Å². The van der Waals surface area contributed by atoms with E-state index in [-0.39, 0.29) is 6.10 Å². The Balaban J connectivity index is 1.64. The van der Waals surface area contributed by atoms with Crippen LogP contribution in [0.2, 0.25) is 0 Å². The molecule has 1 unspecified atom stereocenters. The maximum atomic E-state index is 11.4. The van der Waals surface area contributed by atoms with Gasteiger partial charge in [0.15, 0.2) is 0 Å². The Morgan fingerprint density at radius 2 is 2.29 bits per heavy atom. The van der Waals surface area contributed by atoms with Crippen LogP contribution in [0.1, 0.15) is 22.8 Å². The minimum atomic E-state index is -0.500. The topological polar surface area (TPSA) is 93.4 Å². The fourth-order valence-electron chi connectivity index (χ4n) is 2.68. The van der Waals surface area contributed by atoms with Crippen LogP contribution in [-0.4, -0.2) is 41.7 Å². The second kappa shape index (κ2) is 7.27. The van der Waals surface area contributed by atoms with Gasteiger partial charge in [-0.25, -0.2) is 4.98 Å². The zero-order chi connectivity index (χ0) is 16.9. The Morgan fingerprint density at radius 1 is 1.42 bits per heavy atom. The molecule has 7 heteroatoms. The van der Waals surface area contributed by atoms with E-state index in [1.165, 1.54) is 6.20 Å². The first-order valence-corrected chi connectivity index (χ1v) is 7.92. The summed E-state index contributed by atoms with van der Waals surface area (Å²) in [5, 5.41) is 3.20. The molecule has 1 aliphatic heterocycles. The number of ether oxygens (including phenoxy) is 1. The van der Waals surface area contributed by atoms with Crippen molar-refractivity contribution < 1.29 is 9.53 Å². The van der Waals surface area contributed by atoms with Gasteiger partial charge >= 0.3 is 0 Å². The number of carbonyl (C=O) groups excluding carboxylic acids is 1. The molecule has 0 saturated carbocycles. The minimum absolute atomic E-state index is 0.223. The Hall–Kier alpha value is -2.67. The fraction of sp³-hybridized carbons (Fsp3) is 0.353. The molecule has 1 fully saturated rings. The Labute approximate surface area is 140 Å². The fourth-order valence-corrected chi connectivity index (χ4v) is 2.68. The molecule has 0 spiro atoms. The molecule has 2 aromatic rings. The third-order valence-corrected chi connectivity index (χ3v) is 3.94. The quantitative estimate of drug-likeness (QED) is 0.862. The lowest BCUT2D eigenvalue weighted by atomic mass is 10.2. The number of anilines is 2. The van der Waals surface area contributed by atoms with E-state index in [9.17, 15) is 4.79 Å². The minimum Gasteiger partial charge on any atom is -0.380 e. The first-order chi connectivity index (χ1) is 11.6. The molecule has 0 aromatic carbocycles. The molecule has 3 heterocycles. The number of nitrogens with one attached hydrogen (secondary N) is 1. The van der Waals surface area contributed by atoms with Crippen LogP contribution in [0.5, 0.6) is 0 Å². The van der Waals surface area contributed by atoms with E-state index in [1.54, 1.807) is 12.3 Å². The molecule has 126 valence electrons. The van der Waals surface area contributed by atoms with Crippen LogP contribution in [-0.2, 0) is 11.3 Å². The maximum Gasteiger partial charge on any atom is 0.252 e. The molecule has 1 aliphatic rings. The molecule has 1 atom stereocenters. The highest BCUT2D eigenvalue weighted by Gasteiger charge is 2.17. The van der Waals surface area contributed by atoms with Crippen molar-refractivity contribution in [3.05, 3.63) is 47.9 Å². The third kappa shape index (κ3) is 3.80. The molecule has 3 N–H and O–H groups in total. The van der Waals surface area contributed by atoms with E-state index in [4.69, 9.17) is 10.5 Å². The predicted molar refractivity (Wildman–Crippen MR) is 91.9 cm³/mol. The van der Waals surface area contributed by atoms with Gasteiger partial charge in [0.05, 0.1) is 24.0 Å². The van der Waals surface area contributed by atoms with Crippen LogP contribution in [0.3, 0.4) is 0 Å². The number of hydrogen-bond donors (Lipinski definition) is 2. The number of hydrogen-bond acceptors (Lipinski definition) is 6. The molecular weight excluding hydrogens is 306 g/mol. The van der Waals surface area contributed by atoms with Gasteiger partial charge in [-0.05, 0) is 24.6 Å². The van der Waals surface area contributed by atoms with Crippen LogP contribution in [0.25, 0.3) is 0 Å². The molecule has 2 aromatic heterocycles. The van der Waals surface area contributed by atoms with Crippen molar-refractivity contribution in [1.82, 2.24) is 9.97 Å². The molecule has 3 rings (SSSR count). The first-order valence-electron chi connectivity index (χ1n) is 7.92. The van der Waals surface area contributed by atoms with Gasteiger partial charge in [-0.1, -0.05) is 6.07 Å². The highest BCUT2D eigenvalue weighted by Crippen LogP contribution is 2.17. The number of rotatable bonds is 5. The summed E-state index contributed by atoms with van der Waals surface area (Å²) in [5.74, 6) is 0.455. The summed E-state index contributed by atoms with van der Waals surface area (Å²) < 4.78 is 5.55. The molecule has 0 aliphatic carbocycles. The number of carbonyl (C=O) groups is 1. The Morgan fingerprint density at radius 3 is 3.00 bits per heavy atom. The molecule has 0 bridgehead atoms. The average molecular weight is 327 g/mol. The smallest absolute Gasteiger partial charge is 0.252 e. The number of nitrogens with zero attached hydrogens (tertiary/aromatic N) is 3. The highest BCUT2D eigenvalue weighted by molar-refractivity contribution is 5.98. The molecule has 0 radical (unpaired) electrons. The van der Waals surface area contributed by atoms with Crippen molar-refractivity contribution in [3.63, 3.8) is 0 Å². The van der Waals surface area contributed by atoms with E-state index in [0.717, 1.165) is 31.1 Å². The number of primary amides is 1. The molecule has 1 saturated heterocycles. The molecule has 24 heavy (non-hydrogen) atoms. The van der Waals surface area contributed by atoms with Crippen molar-refractivity contribution >= 4 is 17.4 Å². The van der Waals surface area contributed by atoms with Gasteiger partial charge in [0.2, 0.25) is 0 Å². The van der Waals surface area contributed by atoms with Crippen LogP contribution in [0, 0.1) is 0 Å². The van der Waals surface area contributed by atoms with Crippen molar-refractivity contribution in [2.75, 3.05) is 29.9 Å². The molecule has 7 nitrogen and oxygen atoms in total. The number of nitrogens with two attached hydrogens (primary N) is 1. The zero-order valence-electron chi connectivity index (χ0n) is 13.6. The normalized spacial score (nSPS) is 17.5. The average Bonchev–Trinajstić information content (AvgIpc) is 2.60. The second-order valence-corrected chi connectivity index (χ2v) is 5.79. The second-order valence-electron chi connectivity index (χ2n) is 5.79. The van der Waals surface area contributed by atoms with Gasteiger partial charge in [0, 0.05) is 38.2 Å². The van der Waals surface area contributed by atoms with Gasteiger partial charge < -0.3 is 20.7 Å². The maximum absolute atomic E-state index is 11.4. The number of amides is 1. The number of aromatic nitrogens is 2. The van der Waals surface area contributed by atoms with E-state index >= 15 is 0 Å². The standard InChI is InChI=1S/C17H21N5O2/c1-12-11-22(6-7-24-12)16-3-2-13(9-21-16)8-20-15-4-5-19-10-14(15)17(18)23/h2-5,9-10,12H,6-8,11H2,1H3,(H2,18,23)(H,19,20). The largest absolute Gasteiger partial charge is 0.380 e. The lowest BCUT2D eigenvalue weighted by Crippen LogP contribution is -2.41. The van der Waals surface area contributed by atoms with E-state index in [1.807, 2.05) is 18.3 Å².